The second-order valence-electron chi connectivity index (χ2n) is 8.05. The number of amides is 2. The SMILES string of the molecule is CCNc1ccc(C(=O)C2C(=O)C(C)=C(NC(=S)NC(=O)N(C)C)CC23CC3)cn1. The van der Waals surface area contributed by atoms with Gasteiger partial charge in [0.1, 0.15) is 5.82 Å². The number of aromatic nitrogens is 1. The van der Waals surface area contributed by atoms with Crippen LogP contribution in [-0.4, -0.2) is 53.2 Å². The Labute approximate surface area is 181 Å². The molecule has 0 radical (unpaired) electrons. The van der Waals surface area contributed by atoms with Crippen molar-refractivity contribution in [3.63, 3.8) is 0 Å². The van der Waals surface area contributed by atoms with Gasteiger partial charge in [-0.1, -0.05) is 0 Å². The normalized spacial score (nSPS) is 19.3. The number of nitrogens with zero attached hydrogens (tertiary/aromatic N) is 2. The second kappa shape index (κ2) is 8.51. The number of urea groups is 1. The van der Waals surface area contributed by atoms with E-state index < -0.39 is 11.3 Å². The molecule has 1 unspecified atom stereocenters. The maximum atomic E-state index is 13.2. The number of allylic oxidation sites excluding steroid dienone is 2. The molecule has 1 heterocycles. The molecule has 3 rings (SSSR count). The van der Waals surface area contributed by atoms with E-state index in [-0.39, 0.29) is 22.7 Å². The number of hydrogen-bond acceptors (Lipinski definition) is 6. The topological polar surface area (TPSA) is 103 Å². The van der Waals surface area contributed by atoms with Crippen LogP contribution in [0.5, 0.6) is 0 Å². The highest BCUT2D eigenvalue weighted by Gasteiger charge is 2.58. The zero-order chi connectivity index (χ0) is 22.1. The van der Waals surface area contributed by atoms with Crippen molar-refractivity contribution in [3.8, 4) is 0 Å². The Hall–Kier alpha value is -2.81. The van der Waals surface area contributed by atoms with Crippen molar-refractivity contribution in [2.45, 2.75) is 33.1 Å². The Balaban J connectivity index is 1.79. The summed E-state index contributed by atoms with van der Waals surface area (Å²) in [5.74, 6) is -0.389. The molecule has 2 amide bonds. The van der Waals surface area contributed by atoms with Crippen LogP contribution in [0.1, 0.15) is 43.5 Å². The minimum Gasteiger partial charge on any atom is -0.370 e. The molecular formula is C21H27N5O3S. The van der Waals surface area contributed by atoms with Crippen LogP contribution >= 0.6 is 12.2 Å². The summed E-state index contributed by atoms with van der Waals surface area (Å²) < 4.78 is 0. The largest absolute Gasteiger partial charge is 0.370 e. The fourth-order valence-corrected chi connectivity index (χ4v) is 3.97. The van der Waals surface area contributed by atoms with Crippen molar-refractivity contribution in [1.82, 2.24) is 20.5 Å². The Bertz CT molecular complexity index is 919. The molecule has 160 valence electrons. The Morgan fingerprint density at radius 1 is 1.30 bits per heavy atom. The first-order valence-corrected chi connectivity index (χ1v) is 10.4. The summed E-state index contributed by atoms with van der Waals surface area (Å²) in [4.78, 5) is 43.8. The van der Waals surface area contributed by atoms with Crippen molar-refractivity contribution >= 4 is 40.7 Å². The molecule has 1 fully saturated rings. The first-order valence-electron chi connectivity index (χ1n) is 9.96. The van der Waals surface area contributed by atoms with Crippen molar-refractivity contribution in [2.75, 3.05) is 26.0 Å². The number of carbonyl (C=O) groups is 3. The molecule has 0 aromatic carbocycles. The lowest BCUT2D eigenvalue weighted by atomic mass is 9.71. The lowest BCUT2D eigenvalue weighted by Crippen LogP contribution is -2.46. The zero-order valence-corrected chi connectivity index (χ0v) is 18.5. The number of Topliss-reactive ketones (excluding diaryl/α,β-unsaturated/α-hetero) is 2. The molecule has 3 N–H and O–H groups in total. The third-order valence-electron chi connectivity index (χ3n) is 5.68. The number of hydrogen-bond donors (Lipinski definition) is 3. The molecule has 1 saturated carbocycles. The van der Waals surface area contributed by atoms with E-state index in [1.807, 2.05) is 6.92 Å². The van der Waals surface area contributed by atoms with Gasteiger partial charge in [0.25, 0.3) is 0 Å². The van der Waals surface area contributed by atoms with Gasteiger partial charge in [0.15, 0.2) is 16.7 Å². The van der Waals surface area contributed by atoms with Crippen molar-refractivity contribution in [3.05, 3.63) is 35.2 Å². The molecule has 1 atom stereocenters. The van der Waals surface area contributed by atoms with Gasteiger partial charge in [-0.3, -0.25) is 14.9 Å². The average molecular weight is 430 g/mol. The predicted octanol–water partition coefficient (Wildman–Crippen LogP) is 2.49. The van der Waals surface area contributed by atoms with E-state index in [9.17, 15) is 14.4 Å². The molecule has 0 aliphatic heterocycles. The van der Waals surface area contributed by atoms with E-state index in [1.165, 1.54) is 11.1 Å². The smallest absolute Gasteiger partial charge is 0.323 e. The highest BCUT2D eigenvalue weighted by atomic mass is 32.1. The molecule has 0 saturated heterocycles. The zero-order valence-electron chi connectivity index (χ0n) is 17.7. The van der Waals surface area contributed by atoms with E-state index in [4.69, 9.17) is 12.2 Å². The fourth-order valence-electron chi connectivity index (χ4n) is 3.76. The van der Waals surface area contributed by atoms with Gasteiger partial charge in [-0.25, -0.2) is 9.78 Å². The van der Waals surface area contributed by atoms with Gasteiger partial charge < -0.3 is 15.5 Å². The predicted molar refractivity (Wildman–Crippen MR) is 118 cm³/mol. The van der Waals surface area contributed by atoms with Gasteiger partial charge in [-0.2, -0.15) is 0 Å². The highest BCUT2D eigenvalue weighted by Crippen LogP contribution is 2.59. The Kier molecular flexibility index (Phi) is 6.21. The second-order valence-corrected chi connectivity index (χ2v) is 8.45. The van der Waals surface area contributed by atoms with Crippen LogP contribution in [0.3, 0.4) is 0 Å². The van der Waals surface area contributed by atoms with Crippen molar-refractivity contribution in [1.29, 1.82) is 0 Å². The molecule has 9 heteroatoms. The van der Waals surface area contributed by atoms with Crippen LogP contribution in [0.15, 0.2) is 29.6 Å². The fraction of sp³-hybridized carbons (Fsp3) is 0.476. The van der Waals surface area contributed by atoms with E-state index in [0.29, 0.717) is 29.1 Å². The van der Waals surface area contributed by atoms with Crippen LogP contribution in [0.2, 0.25) is 0 Å². The molecule has 2 aliphatic carbocycles. The van der Waals surface area contributed by atoms with E-state index in [1.54, 1.807) is 33.2 Å². The molecule has 8 nitrogen and oxygen atoms in total. The molecule has 30 heavy (non-hydrogen) atoms. The summed E-state index contributed by atoms with van der Waals surface area (Å²) in [5, 5.41) is 8.80. The Morgan fingerprint density at radius 3 is 2.53 bits per heavy atom. The van der Waals surface area contributed by atoms with E-state index >= 15 is 0 Å². The minimum atomic E-state index is -0.709. The number of anilines is 1. The number of rotatable bonds is 5. The quantitative estimate of drug-likeness (QED) is 0.375. The van der Waals surface area contributed by atoms with Crippen LogP contribution in [0, 0.1) is 11.3 Å². The maximum Gasteiger partial charge on any atom is 0.323 e. The standard InChI is InChI=1S/C21H27N5O3S/c1-5-22-15-7-6-13(11-23-15)18(28)16-17(27)12(2)14(10-21(16)8-9-21)24-19(30)25-20(29)26(3)4/h6-7,11,16H,5,8-10H2,1-4H3,(H,22,23)(H2,24,25,29,30). The molecule has 0 bridgehead atoms. The van der Waals surface area contributed by atoms with Crippen molar-refractivity contribution < 1.29 is 14.4 Å². The van der Waals surface area contributed by atoms with Gasteiger partial charge in [0.2, 0.25) is 0 Å². The Morgan fingerprint density at radius 2 is 2.00 bits per heavy atom. The van der Waals surface area contributed by atoms with Gasteiger partial charge in [0, 0.05) is 43.7 Å². The van der Waals surface area contributed by atoms with Crippen LogP contribution < -0.4 is 16.0 Å². The van der Waals surface area contributed by atoms with Gasteiger partial charge >= 0.3 is 6.03 Å². The summed E-state index contributed by atoms with van der Waals surface area (Å²) in [5.41, 5.74) is 1.20. The molecule has 1 aromatic heterocycles. The first kappa shape index (κ1) is 21.9. The number of pyridine rings is 1. The minimum absolute atomic E-state index is 0.139. The van der Waals surface area contributed by atoms with Gasteiger partial charge in [0.05, 0.1) is 5.92 Å². The van der Waals surface area contributed by atoms with Crippen LogP contribution in [-0.2, 0) is 4.79 Å². The lowest BCUT2D eigenvalue weighted by molar-refractivity contribution is -0.120. The third kappa shape index (κ3) is 4.35. The van der Waals surface area contributed by atoms with E-state index in [2.05, 4.69) is 20.9 Å². The molecule has 1 spiro atoms. The summed E-state index contributed by atoms with van der Waals surface area (Å²) in [7, 11) is 3.23. The van der Waals surface area contributed by atoms with Crippen LogP contribution in [0.25, 0.3) is 0 Å². The van der Waals surface area contributed by atoms with Gasteiger partial charge in [-0.15, -0.1) is 0 Å². The summed E-state index contributed by atoms with van der Waals surface area (Å²) in [6, 6.07) is 3.12. The number of nitrogens with one attached hydrogen (secondary N) is 3. The number of carbonyl (C=O) groups excluding carboxylic acids is 3. The lowest BCUT2D eigenvalue weighted by Gasteiger charge is -2.32. The molecule has 1 aromatic rings. The maximum absolute atomic E-state index is 13.2. The highest BCUT2D eigenvalue weighted by molar-refractivity contribution is 7.80. The number of ketones is 2. The van der Waals surface area contributed by atoms with Gasteiger partial charge in [-0.05, 0) is 62.9 Å². The van der Waals surface area contributed by atoms with Crippen LogP contribution in [0.4, 0.5) is 10.6 Å². The van der Waals surface area contributed by atoms with Crippen molar-refractivity contribution in [2.24, 2.45) is 11.3 Å². The van der Waals surface area contributed by atoms with E-state index in [0.717, 1.165) is 19.4 Å². The number of thiocarbonyl (C=S) groups is 1. The summed E-state index contributed by atoms with van der Waals surface area (Å²) in [6.07, 6.45) is 3.67. The molecular weight excluding hydrogens is 402 g/mol. The first-order chi connectivity index (χ1) is 14.2. The third-order valence-corrected chi connectivity index (χ3v) is 5.88. The average Bonchev–Trinajstić information content (AvgIpc) is 3.46. The summed E-state index contributed by atoms with van der Waals surface area (Å²) in [6.45, 7) is 4.40. The summed E-state index contributed by atoms with van der Waals surface area (Å²) >= 11 is 5.21. The molecule has 2 aliphatic rings. The monoisotopic (exact) mass is 429 g/mol.